The molecule has 0 atom stereocenters. The molecule has 120 valence electrons. The number of nitrogens with zero attached hydrogens (tertiary/aromatic N) is 1. The molecule has 0 radical (unpaired) electrons. The molecular weight excluding hydrogens is 287 g/mol. The fraction of sp³-hybridized carbons (Fsp3) is 0.500. The average molecular weight is 308 g/mol. The Labute approximate surface area is 129 Å². The molecular formula is C16H21FN2O3. The van der Waals surface area contributed by atoms with E-state index in [9.17, 15) is 14.0 Å². The van der Waals surface area contributed by atoms with E-state index in [1.807, 2.05) is 0 Å². The van der Waals surface area contributed by atoms with Gasteiger partial charge < -0.3 is 15.0 Å². The van der Waals surface area contributed by atoms with Gasteiger partial charge in [-0.15, -0.1) is 0 Å². The van der Waals surface area contributed by atoms with Gasteiger partial charge in [0.2, 0.25) is 0 Å². The molecule has 6 heteroatoms. The quantitative estimate of drug-likeness (QED) is 0.933. The van der Waals surface area contributed by atoms with E-state index >= 15 is 0 Å². The topological polar surface area (TPSA) is 58.6 Å². The van der Waals surface area contributed by atoms with Gasteiger partial charge in [0.15, 0.2) is 0 Å². The molecule has 0 spiro atoms. The number of hydrogen-bond acceptors (Lipinski definition) is 3. The summed E-state index contributed by atoms with van der Waals surface area (Å²) in [4.78, 5) is 25.3. The lowest BCUT2D eigenvalue weighted by atomic mass is 10.0. The Hall–Kier alpha value is -2.11. The third kappa shape index (κ3) is 3.96. The summed E-state index contributed by atoms with van der Waals surface area (Å²) < 4.78 is 18.4. The largest absolute Gasteiger partial charge is 0.450 e. The summed E-state index contributed by atoms with van der Waals surface area (Å²) in [7, 11) is 0. The van der Waals surface area contributed by atoms with Crippen LogP contribution in [-0.2, 0) is 4.74 Å². The third-order valence-corrected chi connectivity index (χ3v) is 3.79. The summed E-state index contributed by atoms with van der Waals surface area (Å²) in [6.07, 6.45) is 1.02. The van der Waals surface area contributed by atoms with Crippen LogP contribution in [0.1, 0.15) is 35.7 Å². The molecule has 1 aliphatic heterocycles. The van der Waals surface area contributed by atoms with E-state index in [0.29, 0.717) is 43.7 Å². The fourth-order valence-corrected chi connectivity index (χ4v) is 2.42. The first-order valence-corrected chi connectivity index (χ1v) is 7.50. The lowest BCUT2D eigenvalue weighted by Crippen LogP contribution is -2.46. The summed E-state index contributed by atoms with van der Waals surface area (Å²) >= 11 is 0. The van der Waals surface area contributed by atoms with Crippen LogP contribution in [0.15, 0.2) is 18.2 Å². The summed E-state index contributed by atoms with van der Waals surface area (Å²) in [5, 5.41) is 2.89. The predicted molar refractivity (Wildman–Crippen MR) is 80.2 cm³/mol. The number of nitrogens with one attached hydrogen (secondary N) is 1. The van der Waals surface area contributed by atoms with Crippen LogP contribution < -0.4 is 5.32 Å². The van der Waals surface area contributed by atoms with Gasteiger partial charge in [0.05, 0.1) is 6.61 Å². The number of likely N-dealkylation sites (tertiary alicyclic amines) is 1. The Bertz CT molecular complexity index is 554. The van der Waals surface area contributed by atoms with Crippen molar-refractivity contribution in [3.05, 3.63) is 35.1 Å². The third-order valence-electron chi connectivity index (χ3n) is 3.79. The minimum atomic E-state index is -0.384. The van der Waals surface area contributed by atoms with Gasteiger partial charge in [0, 0.05) is 24.7 Å². The van der Waals surface area contributed by atoms with E-state index in [0.717, 1.165) is 0 Å². The number of amides is 2. The van der Waals surface area contributed by atoms with E-state index in [1.165, 1.54) is 6.07 Å². The highest BCUT2D eigenvalue weighted by molar-refractivity contribution is 5.94. The molecule has 1 N–H and O–H groups in total. The Morgan fingerprint density at radius 1 is 1.36 bits per heavy atom. The molecule has 0 unspecified atom stereocenters. The first-order chi connectivity index (χ1) is 10.5. The first-order valence-electron chi connectivity index (χ1n) is 7.50. The molecule has 1 aromatic rings. The monoisotopic (exact) mass is 308 g/mol. The van der Waals surface area contributed by atoms with Gasteiger partial charge in [-0.2, -0.15) is 0 Å². The number of hydrogen-bond donors (Lipinski definition) is 1. The predicted octanol–water partition coefficient (Wildman–Crippen LogP) is 2.48. The molecule has 1 saturated heterocycles. The smallest absolute Gasteiger partial charge is 0.409 e. The van der Waals surface area contributed by atoms with Crippen molar-refractivity contribution in [1.29, 1.82) is 0 Å². The summed E-state index contributed by atoms with van der Waals surface area (Å²) in [5.74, 6) is -0.668. The van der Waals surface area contributed by atoms with Gasteiger partial charge in [-0.05, 0) is 44.4 Å². The highest BCUT2D eigenvalue weighted by Crippen LogP contribution is 2.14. The van der Waals surface area contributed by atoms with Gasteiger partial charge in [0.25, 0.3) is 5.91 Å². The van der Waals surface area contributed by atoms with Gasteiger partial charge in [0.1, 0.15) is 5.82 Å². The normalized spacial score (nSPS) is 15.5. The van der Waals surface area contributed by atoms with Crippen LogP contribution >= 0.6 is 0 Å². The number of halogens is 1. The first kappa shape index (κ1) is 16.3. The second-order valence-electron chi connectivity index (χ2n) is 5.40. The van der Waals surface area contributed by atoms with E-state index in [-0.39, 0.29) is 23.9 Å². The lowest BCUT2D eigenvalue weighted by molar-refractivity contribution is 0.0859. The molecule has 0 aromatic heterocycles. The summed E-state index contributed by atoms with van der Waals surface area (Å²) in [5.41, 5.74) is 0.829. The molecule has 0 bridgehead atoms. The van der Waals surface area contributed by atoms with Crippen LogP contribution in [0.25, 0.3) is 0 Å². The SMILES string of the molecule is CCOC(=O)N1CCC(NC(=O)c2ccc(C)c(F)c2)CC1. The molecule has 1 aliphatic rings. The summed E-state index contributed by atoms with van der Waals surface area (Å²) in [6, 6.07) is 4.44. The minimum Gasteiger partial charge on any atom is -0.450 e. The maximum absolute atomic E-state index is 13.5. The molecule has 22 heavy (non-hydrogen) atoms. The van der Waals surface area contributed by atoms with Gasteiger partial charge in [-0.25, -0.2) is 9.18 Å². The van der Waals surface area contributed by atoms with Crippen LogP contribution in [0, 0.1) is 12.7 Å². The second kappa shape index (κ2) is 7.24. The molecule has 2 rings (SSSR count). The zero-order chi connectivity index (χ0) is 16.1. The number of aryl methyl sites for hydroxylation is 1. The van der Waals surface area contributed by atoms with Crippen molar-refractivity contribution in [2.45, 2.75) is 32.7 Å². The Kier molecular flexibility index (Phi) is 5.35. The van der Waals surface area contributed by atoms with Crippen molar-refractivity contribution >= 4 is 12.0 Å². The molecule has 0 saturated carbocycles. The van der Waals surface area contributed by atoms with Crippen molar-refractivity contribution in [2.75, 3.05) is 19.7 Å². The fourth-order valence-electron chi connectivity index (χ4n) is 2.42. The number of carbonyl (C=O) groups excluding carboxylic acids is 2. The van der Waals surface area contributed by atoms with Crippen LogP contribution in [0.2, 0.25) is 0 Å². The molecule has 1 heterocycles. The lowest BCUT2D eigenvalue weighted by Gasteiger charge is -2.31. The van der Waals surface area contributed by atoms with Crippen molar-refractivity contribution in [3.8, 4) is 0 Å². The van der Waals surface area contributed by atoms with Gasteiger partial charge in [-0.3, -0.25) is 4.79 Å². The van der Waals surface area contributed by atoms with E-state index < -0.39 is 0 Å². The molecule has 0 aliphatic carbocycles. The van der Waals surface area contributed by atoms with Crippen molar-refractivity contribution in [1.82, 2.24) is 10.2 Å². The molecule has 2 amide bonds. The highest BCUT2D eigenvalue weighted by atomic mass is 19.1. The van der Waals surface area contributed by atoms with E-state index in [4.69, 9.17) is 4.74 Å². The Balaban J connectivity index is 1.86. The Morgan fingerprint density at radius 2 is 2.05 bits per heavy atom. The van der Waals surface area contributed by atoms with Crippen LogP contribution in [0.5, 0.6) is 0 Å². The highest BCUT2D eigenvalue weighted by Gasteiger charge is 2.24. The Morgan fingerprint density at radius 3 is 2.64 bits per heavy atom. The standard InChI is InChI=1S/C16H21FN2O3/c1-3-22-16(21)19-8-6-13(7-9-19)18-15(20)12-5-4-11(2)14(17)10-12/h4-5,10,13H,3,6-9H2,1-2H3,(H,18,20). The molecule has 1 fully saturated rings. The average Bonchev–Trinajstić information content (AvgIpc) is 2.51. The number of benzene rings is 1. The van der Waals surface area contributed by atoms with Crippen LogP contribution in [0.3, 0.4) is 0 Å². The number of ether oxygens (including phenoxy) is 1. The molecule has 1 aromatic carbocycles. The van der Waals surface area contributed by atoms with Crippen LogP contribution in [-0.4, -0.2) is 42.6 Å². The maximum Gasteiger partial charge on any atom is 0.409 e. The van der Waals surface area contributed by atoms with Gasteiger partial charge in [-0.1, -0.05) is 6.07 Å². The maximum atomic E-state index is 13.5. The zero-order valence-corrected chi connectivity index (χ0v) is 12.9. The summed E-state index contributed by atoms with van der Waals surface area (Å²) in [6.45, 7) is 4.88. The molecule has 5 nitrogen and oxygen atoms in total. The van der Waals surface area contributed by atoms with Crippen molar-refractivity contribution < 1.29 is 18.7 Å². The number of rotatable bonds is 3. The van der Waals surface area contributed by atoms with E-state index in [1.54, 1.807) is 30.9 Å². The minimum absolute atomic E-state index is 0.0115. The van der Waals surface area contributed by atoms with Crippen LogP contribution in [0.4, 0.5) is 9.18 Å². The second-order valence-corrected chi connectivity index (χ2v) is 5.40. The van der Waals surface area contributed by atoms with Crippen molar-refractivity contribution in [2.24, 2.45) is 0 Å². The van der Waals surface area contributed by atoms with Crippen molar-refractivity contribution in [3.63, 3.8) is 0 Å². The number of piperidine rings is 1. The van der Waals surface area contributed by atoms with E-state index in [2.05, 4.69) is 5.32 Å². The zero-order valence-electron chi connectivity index (χ0n) is 12.9. The number of carbonyl (C=O) groups is 2. The van der Waals surface area contributed by atoms with Gasteiger partial charge >= 0.3 is 6.09 Å².